The van der Waals surface area contributed by atoms with E-state index in [1.807, 2.05) is 25.1 Å². The van der Waals surface area contributed by atoms with Crippen LogP contribution in [0.3, 0.4) is 0 Å². The molecule has 0 radical (unpaired) electrons. The Labute approximate surface area is 143 Å². The van der Waals surface area contributed by atoms with Crippen molar-refractivity contribution in [2.24, 2.45) is 5.73 Å². The first-order valence-corrected chi connectivity index (χ1v) is 6.93. The molecule has 0 unspecified atom stereocenters. The summed E-state index contributed by atoms with van der Waals surface area (Å²) in [6.45, 7) is 4.18. The van der Waals surface area contributed by atoms with Crippen LogP contribution in [0.5, 0.6) is 0 Å². The van der Waals surface area contributed by atoms with Crippen LogP contribution in [0.2, 0.25) is 0 Å². The average molecular weight is 351 g/mol. The molecule has 0 saturated carbocycles. The molecule has 4 N–H and O–H groups in total. The fraction of sp³-hybridized carbons (Fsp3) is 0.571. The van der Waals surface area contributed by atoms with Gasteiger partial charge in [-0.05, 0) is 31.9 Å². The van der Waals surface area contributed by atoms with Crippen LogP contribution >= 0.6 is 24.8 Å². The fourth-order valence-corrected chi connectivity index (χ4v) is 2.15. The van der Waals surface area contributed by atoms with Gasteiger partial charge in [-0.1, -0.05) is 6.07 Å². The predicted molar refractivity (Wildman–Crippen MR) is 91.9 cm³/mol. The molecule has 0 aromatic carbocycles. The number of anilines is 1. The van der Waals surface area contributed by atoms with E-state index in [-0.39, 0.29) is 30.7 Å². The number of carbonyl (C=O) groups excluding carboxylic acids is 1. The van der Waals surface area contributed by atoms with Crippen molar-refractivity contribution in [3.05, 3.63) is 23.9 Å². The Kier molecular flexibility index (Phi) is 9.36. The second kappa shape index (κ2) is 9.84. The van der Waals surface area contributed by atoms with Gasteiger partial charge in [-0.3, -0.25) is 4.79 Å². The van der Waals surface area contributed by atoms with Crippen LogP contribution in [0.4, 0.5) is 5.82 Å². The van der Waals surface area contributed by atoms with Gasteiger partial charge in [0.25, 0.3) is 0 Å². The third-order valence-corrected chi connectivity index (χ3v) is 3.44. The van der Waals surface area contributed by atoms with Crippen LogP contribution in [-0.2, 0) is 9.53 Å². The van der Waals surface area contributed by atoms with E-state index in [1.165, 1.54) is 0 Å². The van der Waals surface area contributed by atoms with Gasteiger partial charge in [0.15, 0.2) is 0 Å². The quantitative estimate of drug-likeness (QED) is 0.695. The number of nitrogens with zero attached hydrogens (tertiary/aromatic N) is 1. The van der Waals surface area contributed by atoms with Crippen LogP contribution in [-0.4, -0.2) is 42.7 Å². The number of hydrogen-bond donors (Lipinski definition) is 3. The third-order valence-electron chi connectivity index (χ3n) is 3.44. The van der Waals surface area contributed by atoms with E-state index in [1.54, 1.807) is 0 Å². The number of hydrogen-bond acceptors (Lipinski definition) is 5. The zero-order valence-electron chi connectivity index (χ0n) is 12.6. The van der Waals surface area contributed by atoms with Gasteiger partial charge in [0.2, 0.25) is 5.91 Å². The molecule has 6 nitrogen and oxygen atoms in total. The molecule has 1 aliphatic rings. The lowest BCUT2D eigenvalue weighted by Gasteiger charge is -2.31. The summed E-state index contributed by atoms with van der Waals surface area (Å²) in [4.78, 5) is 16.4. The lowest BCUT2D eigenvalue weighted by Crippen LogP contribution is -2.57. The maximum atomic E-state index is 12.1. The molecule has 0 aliphatic carbocycles. The number of nitrogens with two attached hydrogens (primary N) is 1. The standard InChI is InChI=1S/C14H22N4O2.2ClH/c1-11-3-2-4-12(18-11)16-7-8-17-13(19)14(15)5-9-20-10-6-14;;/h2-4H,5-10,15H2,1H3,(H,16,18)(H,17,19);2*1H. The molecule has 1 aliphatic heterocycles. The zero-order chi connectivity index (χ0) is 14.4. The minimum absolute atomic E-state index is 0. The molecule has 2 heterocycles. The highest BCUT2D eigenvalue weighted by Gasteiger charge is 2.35. The number of carbonyl (C=O) groups is 1. The monoisotopic (exact) mass is 350 g/mol. The number of ether oxygens (including phenoxy) is 1. The van der Waals surface area contributed by atoms with Gasteiger partial charge in [0.1, 0.15) is 5.82 Å². The maximum Gasteiger partial charge on any atom is 0.240 e. The molecule has 0 bridgehead atoms. The van der Waals surface area contributed by atoms with Gasteiger partial charge in [0, 0.05) is 32.0 Å². The summed E-state index contributed by atoms with van der Waals surface area (Å²) in [6.07, 6.45) is 1.15. The van der Waals surface area contributed by atoms with Crippen LogP contribution in [0, 0.1) is 6.92 Å². The Morgan fingerprint density at radius 1 is 1.32 bits per heavy atom. The Morgan fingerprint density at radius 2 is 2.00 bits per heavy atom. The number of pyridine rings is 1. The van der Waals surface area contributed by atoms with E-state index in [0.29, 0.717) is 39.1 Å². The molecule has 8 heteroatoms. The summed E-state index contributed by atoms with van der Waals surface area (Å²) in [5.41, 5.74) is 6.27. The van der Waals surface area contributed by atoms with Crippen molar-refractivity contribution in [3.8, 4) is 0 Å². The molecule has 126 valence electrons. The predicted octanol–water partition coefficient (Wildman–Crippen LogP) is 1.27. The summed E-state index contributed by atoms with van der Waals surface area (Å²) in [7, 11) is 0. The Balaban J connectivity index is 0.00000220. The minimum atomic E-state index is -0.778. The summed E-state index contributed by atoms with van der Waals surface area (Å²) in [5.74, 6) is 0.715. The average Bonchev–Trinajstić information content (AvgIpc) is 2.44. The maximum absolute atomic E-state index is 12.1. The fourth-order valence-electron chi connectivity index (χ4n) is 2.15. The first kappa shape index (κ1) is 20.9. The normalized spacial score (nSPS) is 15.9. The Morgan fingerprint density at radius 3 is 2.64 bits per heavy atom. The number of amides is 1. The van der Waals surface area contributed by atoms with Crippen molar-refractivity contribution in [2.45, 2.75) is 25.3 Å². The van der Waals surface area contributed by atoms with Crippen molar-refractivity contribution in [2.75, 3.05) is 31.6 Å². The van der Waals surface area contributed by atoms with E-state index in [0.717, 1.165) is 11.5 Å². The number of aryl methyl sites for hydroxylation is 1. The minimum Gasteiger partial charge on any atom is -0.381 e. The van der Waals surface area contributed by atoms with Gasteiger partial charge in [-0.2, -0.15) is 0 Å². The van der Waals surface area contributed by atoms with Crippen molar-refractivity contribution >= 4 is 36.5 Å². The van der Waals surface area contributed by atoms with Gasteiger partial charge in [-0.25, -0.2) is 4.98 Å². The summed E-state index contributed by atoms with van der Waals surface area (Å²) < 4.78 is 5.23. The van der Waals surface area contributed by atoms with Crippen LogP contribution < -0.4 is 16.4 Å². The molecule has 1 aromatic rings. The van der Waals surface area contributed by atoms with Gasteiger partial charge >= 0.3 is 0 Å². The smallest absolute Gasteiger partial charge is 0.240 e. The number of nitrogens with one attached hydrogen (secondary N) is 2. The molecule has 1 fully saturated rings. The second-order valence-electron chi connectivity index (χ2n) is 5.12. The molecule has 1 amide bonds. The highest BCUT2D eigenvalue weighted by molar-refractivity contribution is 5.86. The summed E-state index contributed by atoms with van der Waals surface area (Å²) in [6, 6.07) is 5.79. The first-order chi connectivity index (χ1) is 9.60. The number of rotatable bonds is 5. The van der Waals surface area contributed by atoms with E-state index in [4.69, 9.17) is 10.5 Å². The SMILES string of the molecule is Cc1cccc(NCCNC(=O)C2(N)CCOCC2)n1.Cl.Cl. The Hall–Kier alpha value is -1.08. The van der Waals surface area contributed by atoms with Crippen molar-refractivity contribution in [1.29, 1.82) is 0 Å². The largest absolute Gasteiger partial charge is 0.381 e. The van der Waals surface area contributed by atoms with E-state index >= 15 is 0 Å². The molecule has 0 atom stereocenters. The lowest BCUT2D eigenvalue weighted by atomic mass is 9.90. The number of aromatic nitrogens is 1. The van der Waals surface area contributed by atoms with Crippen molar-refractivity contribution in [3.63, 3.8) is 0 Å². The Bertz CT molecular complexity index is 468. The van der Waals surface area contributed by atoms with E-state index < -0.39 is 5.54 Å². The van der Waals surface area contributed by atoms with Crippen molar-refractivity contribution < 1.29 is 9.53 Å². The molecule has 0 spiro atoms. The van der Waals surface area contributed by atoms with Crippen molar-refractivity contribution in [1.82, 2.24) is 10.3 Å². The summed E-state index contributed by atoms with van der Waals surface area (Å²) >= 11 is 0. The van der Waals surface area contributed by atoms with Crippen LogP contribution in [0.1, 0.15) is 18.5 Å². The topological polar surface area (TPSA) is 89.3 Å². The summed E-state index contributed by atoms with van der Waals surface area (Å²) in [5, 5.41) is 6.03. The number of halogens is 2. The lowest BCUT2D eigenvalue weighted by molar-refractivity contribution is -0.129. The highest BCUT2D eigenvalue weighted by atomic mass is 35.5. The second-order valence-corrected chi connectivity index (χ2v) is 5.12. The molecular weight excluding hydrogens is 327 g/mol. The molecular formula is C14H24Cl2N4O2. The van der Waals surface area contributed by atoms with Crippen LogP contribution in [0.25, 0.3) is 0 Å². The first-order valence-electron chi connectivity index (χ1n) is 6.93. The molecule has 1 aromatic heterocycles. The third kappa shape index (κ3) is 5.96. The van der Waals surface area contributed by atoms with Gasteiger partial charge < -0.3 is 21.1 Å². The van der Waals surface area contributed by atoms with Crippen LogP contribution in [0.15, 0.2) is 18.2 Å². The highest BCUT2D eigenvalue weighted by Crippen LogP contribution is 2.17. The van der Waals surface area contributed by atoms with E-state index in [9.17, 15) is 4.79 Å². The molecule has 2 rings (SSSR count). The van der Waals surface area contributed by atoms with Gasteiger partial charge in [0.05, 0.1) is 5.54 Å². The van der Waals surface area contributed by atoms with Gasteiger partial charge in [-0.15, -0.1) is 24.8 Å². The zero-order valence-corrected chi connectivity index (χ0v) is 14.3. The molecule has 22 heavy (non-hydrogen) atoms. The van der Waals surface area contributed by atoms with E-state index in [2.05, 4.69) is 15.6 Å². The molecule has 1 saturated heterocycles.